The third-order valence-electron chi connectivity index (χ3n) is 6.43. The van der Waals surface area contributed by atoms with Crippen molar-refractivity contribution in [1.82, 2.24) is 10.2 Å². The van der Waals surface area contributed by atoms with Crippen molar-refractivity contribution in [1.29, 1.82) is 0 Å². The number of rotatable bonds is 3. The molecule has 1 saturated carbocycles. The second-order valence-corrected chi connectivity index (χ2v) is 8.07. The molecule has 4 rings (SSSR count). The normalized spacial score (nSPS) is 30.5. The standard InChI is InChI=1S/C21H31N3O.HI/c1-2-22-20(24-13-17-8-3-4-9-18(17)14-24)23-15-21(25)12-11-16-7-5-6-10-19(16)21;/h5-7,10,17-18,25H,2-4,8-9,11-15H2,1H3,(H,22,23);1H. The summed E-state index contributed by atoms with van der Waals surface area (Å²) in [4.78, 5) is 7.33. The molecule has 26 heavy (non-hydrogen) atoms. The van der Waals surface area contributed by atoms with Crippen LogP contribution in [0.5, 0.6) is 0 Å². The Bertz CT molecular complexity index is 636. The Hall–Kier alpha value is -0.820. The molecule has 1 saturated heterocycles. The third kappa shape index (κ3) is 3.88. The molecule has 1 aromatic rings. The van der Waals surface area contributed by atoms with Gasteiger partial charge in [0.2, 0.25) is 0 Å². The maximum Gasteiger partial charge on any atom is 0.194 e. The van der Waals surface area contributed by atoms with Crippen LogP contribution in [-0.2, 0) is 12.0 Å². The Morgan fingerprint density at radius 1 is 1.23 bits per heavy atom. The van der Waals surface area contributed by atoms with Gasteiger partial charge in [0.05, 0.1) is 6.54 Å². The highest BCUT2D eigenvalue weighted by Crippen LogP contribution is 2.38. The van der Waals surface area contributed by atoms with Crippen LogP contribution in [-0.4, -0.2) is 42.1 Å². The SMILES string of the molecule is CCNC(=NCC1(O)CCc2ccccc21)N1CC2CCCCC2C1.I. The van der Waals surface area contributed by atoms with Gasteiger partial charge in [0.15, 0.2) is 5.96 Å². The van der Waals surface area contributed by atoms with E-state index < -0.39 is 5.60 Å². The van der Waals surface area contributed by atoms with Gasteiger partial charge in [0.25, 0.3) is 0 Å². The average molecular weight is 469 g/mol. The van der Waals surface area contributed by atoms with Gasteiger partial charge in [-0.15, -0.1) is 24.0 Å². The minimum Gasteiger partial charge on any atom is -0.383 e. The van der Waals surface area contributed by atoms with Crippen LogP contribution in [0.15, 0.2) is 29.3 Å². The molecule has 2 fully saturated rings. The summed E-state index contributed by atoms with van der Waals surface area (Å²) in [6, 6.07) is 8.28. The zero-order chi connectivity index (χ0) is 17.3. The molecule has 0 amide bonds. The lowest BCUT2D eigenvalue weighted by molar-refractivity contribution is 0.0483. The van der Waals surface area contributed by atoms with Crippen molar-refractivity contribution in [2.75, 3.05) is 26.2 Å². The number of guanidine groups is 1. The quantitative estimate of drug-likeness (QED) is 0.405. The number of nitrogens with zero attached hydrogens (tertiary/aromatic N) is 2. The van der Waals surface area contributed by atoms with Crippen LogP contribution in [0.2, 0.25) is 0 Å². The maximum atomic E-state index is 11.2. The Morgan fingerprint density at radius 3 is 2.62 bits per heavy atom. The zero-order valence-corrected chi connectivity index (χ0v) is 18.1. The number of benzene rings is 1. The monoisotopic (exact) mass is 469 g/mol. The fourth-order valence-electron chi connectivity index (χ4n) is 5.04. The van der Waals surface area contributed by atoms with E-state index in [4.69, 9.17) is 4.99 Å². The molecule has 3 unspecified atom stereocenters. The van der Waals surface area contributed by atoms with E-state index in [1.165, 1.54) is 31.2 Å². The highest BCUT2D eigenvalue weighted by Gasteiger charge is 2.38. The first-order valence-corrected chi connectivity index (χ1v) is 10.0. The van der Waals surface area contributed by atoms with Crippen molar-refractivity contribution in [2.24, 2.45) is 16.8 Å². The second kappa shape index (κ2) is 8.46. The fraction of sp³-hybridized carbons (Fsp3) is 0.667. The summed E-state index contributed by atoms with van der Waals surface area (Å²) in [5.41, 5.74) is 1.55. The highest BCUT2D eigenvalue weighted by atomic mass is 127. The van der Waals surface area contributed by atoms with Gasteiger partial charge in [-0.25, -0.2) is 4.99 Å². The van der Waals surface area contributed by atoms with Crippen LogP contribution in [0.3, 0.4) is 0 Å². The second-order valence-electron chi connectivity index (χ2n) is 8.07. The molecule has 144 valence electrons. The zero-order valence-electron chi connectivity index (χ0n) is 15.8. The van der Waals surface area contributed by atoms with Crippen molar-refractivity contribution in [2.45, 2.75) is 51.0 Å². The molecule has 1 aliphatic heterocycles. The topological polar surface area (TPSA) is 47.9 Å². The van der Waals surface area contributed by atoms with Crippen LogP contribution >= 0.6 is 24.0 Å². The van der Waals surface area contributed by atoms with Gasteiger partial charge >= 0.3 is 0 Å². The number of nitrogens with one attached hydrogen (secondary N) is 1. The largest absolute Gasteiger partial charge is 0.383 e. The smallest absolute Gasteiger partial charge is 0.194 e. The van der Waals surface area contributed by atoms with Gasteiger partial charge in [-0.3, -0.25) is 0 Å². The first-order chi connectivity index (χ1) is 12.2. The molecule has 3 aliphatic rings. The van der Waals surface area contributed by atoms with Gasteiger partial charge in [-0.1, -0.05) is 37.1 Å². The van der Waals surface area contributed by atoms with Crippen molar-refractivity contribution in [3.63, 3.8) is 0 Å². The first-order valence-electron chi connectivity index (χ1n) is 10.0. The Balaban J connectivity index is 0.00000196. The lowest BCUT2D eigenvalue weighted by Gasteiger charge is -2.25. The van der Waals surface area contributed by atoms with E-state index in [2.05, 4.69) is 35.3 Å². The highest BCUT2D eigenvalue weighted by molar-refractivity contribution is 14.0. The molecular weight excluding hydrogens is 437 g/mol. The molecule has 2 aliphatic carbocycles. The number of likely N-dealkylation sites (tertiary alicyclic amines) is 1. The molecule has 0 spiro atoms. The summed E-state index contributed by atoms with van der Waals surface area (Å²) in [6.07, 6.45) is 7.25. The van der Waals surface area contributed by atoms with E-state index in [1.54, 1.807) is 0 Å². The molecule has 0 aromatic heterocycles. The number of hydrogen-bond donors (Lipinski definition) is 2. The minimum atomic E-state index is -0.802. The summed E-state index contributed by atoms with van der Waals surface area (Å²) < 4.78 is 0. The van der Waals surface area contributed by atoms with Crippen molar-refractivity contribution in [3.8, 4) is 0 Å². The number of aliphatic imine (C=N–C) groups is 1. The van der Waals surface area contributed by atoms with Gasteiger partial charge < -0.3 is 15.3 Å². The number of fused-ring (bicyclic) bond motifs is 2. The van der Waals surface area contributed by atoms with Crippen LogP contribution in [0.25, 0.3) is 0 Å². The van der Waals surface area contributed by atoms with Gasteiger partial charge in [0.1, 0.15) is 5.60 Å². The van der Waals surface area contributed by atoms with E-state index >= 15 is 0 Å². The average Bonchev–Trinajstić information content (AvgIpc) is 3.21. The Labute approximate surface area is 174 Å². The summed E-state index contributed by atoms with van der Waals surface area (Å²) in [6.45, 7) is 5.72. The van der Waals surface area contributed by atoms with Crippen molar-refractivity contribution in [3.05, 3.63) is 35.4 Å². The predicted molar refractivity (Wildman–Crippen MR) is 117 cm³/mol. The number of hydrogen-bond acceptors (Lipinski definition) is 2. The number of aliphatic hydroxyl groups is 1. The third-order valence-corrected chi connectivity index (χ3v) is 6.43. The maximum absolute atomic E-state index is 11.2. The molecule has 0 radical (unpaired) electrons. The molecule has 2 N–H and O–H groups in total. The van der Waals surface area contributed by atoms with Gasteiger partial charge in [-0.05, 0) is 55.6 Å². The van der Waals surface area contributed by atoms with Crippen LogP contribution in [0, 0.1) is 11.8 Å². The minimum absolute atomic E-state index is 0. The summed E-state index contributed by atoms with van der Waals surface area (Å²) in [5.74, 6) is 2.68. The fourth-order valence-corrected chi connectivity index (χ4v) is 5.04. The van der Waals surface area contributed by atoms with Crippen LogP contribution < -0.4 is 5.32 Å². The summed E-state index contributed by atoms with van der Waals surface area (Å²) in [7, 11) is 0. The van der Waals surface area contributed by atoms with Crippen LogP contribution in [0.1, 0.15) is 50.2 Å². The van der Waals surface area contributed by atoms with E-state index in [0.717, 1.165) is 55.8 Å². The Morgan fingerprint density at radius 2 is 1.92 bits per heavy atom. The van der Waals surface area contributed by atoms with E-state index in [1.807, 2.05) is 6.07 Å². The molecule has 1 aromatic carbocycles. The van der Waals surface area contributed by atoms with Gasteiger partial charge in [-0.2, -0.15) is 0 Å². The summed E-state index contributed by atoms with van der Waals surface area (Å²) >= 11 is 0. The van der Waals surface area contributed by atoms with Gasteiger partial charge in [0, 0.05) is 19.6 Å². The van der Waals surface area contributed by atoms with E-state index in [0.29, 0.717) is 6.54 Å². The molecular formula is C21H32IN3O. The molecule has 5 heteroatoms. The van der Waals surface area contributed by atoms with Crippen molar-refractivity contribution < 1.29 is 5.11 Å². The lowest BCUT2D eigenvalue weighted by Crippen LogP contribution is -2.41. The first kappa shape index (κ1) is 19.9. The lowest BCUT2D eigenvalue weighted by atomic mass is 9.82. The number of aryl methyl sites for hydroxylation is 1. The Kier molecular flexibility index (Phi) is 6.49. The van der Waals surface area contributed by atoms with E-state index in [9.17, 15) is 5.11 Å². The predicted octanol–water partition coefficient (Wildman–Crippen LogP) is 3.53. The molecule has 3 atom stereocenters. The summed E-state index contributed by atoms with van der Waals surface area (Å²) in [5, 5.41) is 14.6. The number of halogens is 1. The molecule has 1 heterocycles. The molecule has 4 nitrogen and oxygen atoms in total. The van der Waals surface area contributed by atoms with Crippen LogP contribution in [0.4, 0.5) is 0 Å². The van der Waals surface area contributed by atoms with E-state index in [-0.39, 0.29) is 24.0 Å². The molecule has 0 bridgehead atoms. The van der Waals surface area contributed by atoms with Crippen molar-refractivity contribution >= 4 is 29.9 Å².